The van der Waals surface area contributed by atoms with Gasteiger partial charge in [-0.15, -0.1) is 10.2 Å². The molecule has 0 bridgehead atoms. The average Bonchev–Trinajstić information content (AvgIpc) is 3.14. The van der Waals surface area contributed by atoms with E-state index in [4.69, 9.17) is 4.74 Å². The number of nitrogens with zero attached hydrogens (tertiary/aromatic N) is 3. The maximum Gasteiger partial charge on any atom is 0.262 e. The molecule has 2 amide bonds. The molecule has 3 aromatic rings. The van der Waals surface area contributed by atoms with E-state index in [9.17, 15) is 9.59 Å². The van der Waals surface area contributed by atoms with Crippen LogP contribution in [0, 0.1) is 0 Å². The van der Waals surface area contributed by atoms with Gasteiger partial charge in [-0.3, -0.25) is 14.0 Å². The lowest BCUT2D eigenvalue weighted by Crippen LogP contribution is -2.31. The first-order valence-electron chi connectivity index (χ1n) is 8.82. The highest BCUT2D eigenvalue weighted by molar-refractivity contribution is 7.98. The summed E-state index contributed by atoms with van der Waals surface area (Å²) in [5.74, 6) is 1.62. The number of amides is 2. The topological polar surface area (TPSA) is 97.6 Å². The molecule has 144 valence electrons. The molecule has 9 heteroatoms. The van der Waals surface area contributed by atoms with E-state index in [0.29, 0.717) is 29.2 Å². The Bertz CT molecular complexity index is 1040. The van der Waals surface area contributed by atoms with Crippen molar-refractivity contribution in [2.75, 3.05) is 23.9 Å². The van der Waals surface area contributed by atoms with Crippen molar-refractivity contribution in [2.45, 2.75) is 12.5 Å². The maximum absolute atomic E-state index is 12.9. The fourth-order valence-corrected chi connectivity index (χ4v) is 3.54. The second-order valence-electron chi connectivity index (χ2n) is 6.34. The minimum absolute atomic E-state index is 0.0186. The Kier molecular flexibility index (Phi) is 5.16. The first kappa shape index (κ1) is 18.3. The van der Waals surface area contributed by atoms with Crippen LogP contribution in [0.3, 0.4) is 0 Å². The van der Waals surface area contributed by atoms with E-state index in [1.807, 2.05) is 35.1 Å². The number of ether oxygens (including phenoxy) is 1. The van der Waals surface area contributed by atoms with E-state index >= 15 is 0 Å². The lowest BCUT2D eigenvalue weighted by Gasteiger charge is -2.20. The standard InChI is InChI=1S/C19H19N5O3S/c1-28-9-7-13(18-23-22-16-4-2-3-8-24(16)18)21-19(26)12-5-6-15-14(10-12)20-17(25)11-27-15/h2-6,8,10,13H,7,9,11H2,1H3,(H,20,25)(H,21,26). The van der Waals surface area contributed by atoms with Crippen molar-refractivity contribution in [3.05, 3.63) is 54.0 Å². The summed E-state index contributed by atoms with van der Waals surface area (Å²) >= 11 is 1.70. The normalized spacial score (nSPS) is 14.1. The van der Waals surface area contributed by atoms with E-state index in [1.165, 1.54) is 0 Å². The summed E-state index contributed by atoms with van der Waals surface area (Å²) in [6.07, 6.45) is 4.62. The number of aromatic nitrogens is 3. The third kappa shape index (κ3) is 3.65. The second kappa shape index (κ2) is 7.89. The molecule has 1 atom stereocenters. The van der Waals surface area contributed by atoms with Gasteiger partial charge < -0.3 is 15.4 Å². The summed E-state index contributed by atoms with van der Waals surface area (Å²) in [5, 5.41) is 14.2. The van der Waals surface area contributed by atoms with Crippen LogP contribution >= 0.6 is 11.8 Å². The molecule has 4 rings (SSSR count). The predicted molar refractivity (Wildman–Crippen MR) is 107 cm³/mol. The van der Waals surface area contributed by atoms with Gasteiger partial charge in [0.25, 0.3) is 11.8 Å². The van der Waals surface area contributed by atoms with Crippen molar-refractivity contribution >= 4 is 34.9 Å². The summed E-state index contributed by atoms with van der Waals surface area (Å²) in [6.45, 7) is -0.0186. The van der Waals surface area contributed by atoms with Crippen LogP contribution in [0.4, 0.5) is 5.69 Å². The number of hydrogen-bond acceptors (Lipinski definition) is 6. The Morgan fingerprint density at radius 1 is 1.36 bits per heavy atom. The summed E-state index contributed by atoms with van der Waals surface area (Å²) < 4.78 is 7.22. The van der Waals surface area contributed by atoms with Gasteiger partial charge in [-0.05, 0) is 48.8 Å². The molecule has 2 N–H and O–H groups in total. The van der Waals surface area contributed by atoms with Crippen LogP contribution in [0.1, 0.15) is 28.6 Å². The van der Waals surface area contributed by atoms with Crippen LogP contribution in [0.25, 0.3) is 5.65 Å². The van der Waals surface area contributed by atoms with Gasteiger partial charge in [-0.1, -0.05) is 6.07 Å². The van der Waals surface area contributed by atoms with Crippen LogP contribution < -0.4 is 15.4 Å². The molecule has 1 unspecified atom stereocenters. The molecule has 1 aliphatic rings. The number of carbonyl (C=O) groups excluding carboxylic acids is 2. The number of rotatable bonds is 6. The Hall–Kier alpha value is -3.07. The predicted octanol–water partition coefficient (Wildman–Crippen LogP) is 2.28. The third-order valence-electron chi connectivity index (χ3n) is 4.44. The van der Waals surface area contributed by atoms with Gasteiger partial charge >= 0.3 is 0 Å². The minimum atomic E-state index is -0.292. The average molecular weight is 397 g/mol. The van der Waals surface area contributed by atoms with Gasteiger partial charge in [-0.2, -0.15) is 11.8 Å². The van der Waals surface area contributed by atoms with Gasteiger partial charge in [0.15, 0.2) is 18.1 Å². The molecule has 1 aromatic carbocycles. The molecular formula is C19H19N5O3S. The van der Waals surface area contributed by atoms with Gasteiger partial charge in [0.2, 0.25) is 0 Å². The van der Waals surface area contributed by atoms with E-state index in [-0.39, 0.29) is 24.5 Å². The number of carbonyl (C=O) groups is 2. The largest absolute Gasteiger partial charge is 0.482 e. The second-order valence-corrected chi connectivity index (χ2v) is 7.33. The fraction of sp³-hybridized carbons (Fsp3) is 0.263. The molecule has 0 saturated carbocycles. The highest BCUT2D eigenvalue weighted by Gasteiger charge is 2.22. The Balaban J connectivity index is 1.59. The summed E-state index contributed by atoms with van der Waals surface area (Å²) in [7, 11) is 0. The Morgan fingerprint density at radius 3 is 3.11 bits per heavy atom. The monoisotopic (exact) mass is 397 g/mol. The number of thioether (sulfide) groups is 1. The smallest absolute Gasteiger partial charge is 0.262 e. The van der Waals surface area contributed by atoms with Crippen molar-refractivity contribution < 1.29 is 14.3 Å². The summed E-state index contributed by atoms with van der Waals surface area (Å²) in [5.41, 5.74) is 1.67. The highest BCUT2D eigenvalue weighted by atomic mass is 32.2. The molecule has 3 heterocycles. The van der Waals surface area contributed by atoms with E-state index < -0.39 is 0 Å². The van der Waals surface area contributed by atoms with Crippen molar-refractivity contribution in [2.24, 2.45) is 0 Å². The van der Waals surface area contributed by atoms with Crippen LogP contribution in [0.5, 0.6) is 5.75 Å². The van der Waals surface area contributed by atoms with Crippen molar-refractivity contribution in [3.8, 4) is 5.75 Å². The molecule has 8 nitrogen and oxygen atoms in total. The molecule has 0 fully saturated rings. The van der Waals surface area contributed by atoms with Gasteiger partial charge in [0.05, 0.1) is 11.7 Å². The zero-order valence-corrected chi connectivity index (χ0v) is 16.0. The lowest BCUT2D eigenvalue weighted by molar-refractivity contribution is -0.118. The number of hydrogen-bond donors (Lipinski definition) is 2. The molecule has 0 saturated heterocycles. The number of anilines is 1. The lowest BCUT2D eigenvalue weighted by atomic mass is 10.1. The SMILES string of the molecule is CSCCC(NC(=O)c1ccc2c(c1)NC(=O)CO2)c1nnc2ccccn12. The zero-order valence-electron chi connectivity index (χ0n) is 15.2. The van der Waals surface area contributed by atoms with Crippen LogP contribution in [0.15, 0.2) is 42.6 Å². The van der Waals surface area contributed by atoms with E-state index in [2.05, 4.69) is 20.8 Å². The Labute approximate surface area is 165 Å². The van der Waals surface area contributed by atoms with E-state index in [1.54, 1.807) is 30.0 Å². The fourth-order valence-electron chi connectivity index (χ4n) is 3.06. The van der Waals surface area contributed by atoms with Crippen LogP contribution in [-0.2, 0) is 4.79 Å². The zero-order chi connectivity index (χ0) is 19.5. The van der Waals surface area contributed by atoms with Gasteiger partial charge in [0, 0.05) is 11.8 Å². The summed E-state index contributed by atoms with van der Waals surface area (Å²) in [4.78, 5) is 24.4. The molecule has 2 aromatic heterocycles. The first-order valence-corrected chi connectivity index (χ1v) is 10.2. The van der Waals surface area contributed by atoms with Crippen molar-refractivity contribution in [1.29, 1.82) is 0 Å². The minimum Gasteiger partial charge on any atom is -0.482 e. The van der Waals surface area contributed by atoms with Crippen molar-refractivity contribution in [1.82, 2.24) is 19.9 Å². The van der Waals surface area contributed by atoms with Gasteiger partial charge in [0.1, 0.15) is 5.75 Å². The molecule has 0 spiro atoms. The number of pyridine rings is 1. The number of nitrogens with one attached hydrogen (secondary N) is 2. The van der Waals surface area contributed by atoms with Crippen LogP contribution in [-0.4, -0.2) is 45.0 Å². The molecule has 1 aliphatic heterocycles. The van der Waals surface area contributed by atoms with E-state index in [0.717, 1.165) is 11.4 Å². The molecule has 28 heavy (non-hydrogen) atoms. The van der Waals surface area contributed by atoms with Crippen molar-refractivity contribution in [3.63, 3.8) is 0 Å². The quantitative estimate of drug-likeness (QED) is 0.662. The molecule has 0 aliphatic carbocycles. The molecular weight excluding hydrogens is 378 g/mol. The summed E-state index contributed by atoms with van der Waals surface area (Å²) in [6, 6.07) is 10.4. The first-order chi connectivity index (χ1) is 13.7. The maximum atomic E-state index is 12.9. The number of benzene rings is 1. The Morgan fingerprint density at radius 2 is 2.25 bits per heavy atom. The highest BCUT2D eigenvalue weighted by Crippen LogP contribution is 2.29. The van der Waals surface area contributed by atoms with Crippen LogP contribution in [0.2, 0.25) is 0 Å². The third-order valence-corrected chi connectivity index (χ3v) is 5.09. The number of fused-ring (bicyclic) bond motifs is 2. The molecule has 0 radical (unpaired) electrons. The van der Waals surface area contributed by atoms with Gasteiger partial charge in [-0.25, -0.2) is 0 Å².